The summed E-state index contributed by atoms with van der Waals surface area (Å²) in [6.07, 6.45) is 3.08. The molecule has 1 atom stereocenters. The van der Waals surface area contributed by atoms with Crippen LogP contribution in [-0.2, 0) is 27.4 Å². The van der Waals surface area contributed by atoms with E-state index in [2.05, 4.69) is 18.8 Å². The van der Waals surface area contributed by atoms with Crippen LogP contribution in [0.3, 0.4) is 0 Å². The number of aryl methyl sites for hydroxylation is 1. The van der Waals surface area contributed by atoms with E-state index in [0.717, 1.165) is 35.0 Å². The van der Waals surface area contributed by atoms with Crippen molar-refractivity contribution in [3.63, 3.8) is 0 Å². The van der Waals surface area contributed by atoms with Crippen LogP contribution >= 0.6 is 0 Å². The molecule has 0 bridgehead atoms. The number of carbonyl (C=O) groups is 1. The summed E-state index contributed by atoms with van der Waals surface area (Å²) in [5.41, 5.74) is 4.80. The van der Waals surface area contributed by atoms with Crippen LogP contribution in [-0.4, -0.2) is 31.7 Å². The second kappa shape index (κ2) is 7.34. The van der Waals surface area contributed by atoms with Crippen molar-refractivity contribution in [1.29, 1.82) is 0 Å². The Labute approximate surface area is 171 Å². The van der Waals surface area contributed by atoms with Gasteiger partial charge in [-0.15, -0.1) is 0 Å². The first-order valence-electron chi connectivity index (χ1n) is 9.87. The Morgan fingerprint density at radius 1 is 1.14 bits per heavy atom. The van der Waals surface area contributed by atoms with E-state index in [4.69, 9.17) is 4.74 Å². The molecule has 0 aliphatic heterocycles. The number of hydrogen-bond acceptors (Lipinski definition) is 4. The fourth-order valence-corrected chi connectivity index (χ4v) is 4.57. The van der Waals surface area contributed by atoms with Gasteiger partial charge in [-0.3, -0.25) is 0 Å². The summed E-state index contributed by atoms with van der Waals surface area (Å²) < 4.78 is 29.6. The van der Waals surface area contributed by atoms with Crippen molar-refractivity contribution in [2.24, 2.45) is 0 Å². The number of fused-ring (bicyclic) bond motifs is 3. The number of aromatic nitrogens is 1. The first kappa shape index (κ1) is 19.7. The molecule has 1 N–H and O–H groups in total. The summed E-state index contributed by atoms with van der Waals surface area (Å²) in [7, 11) is -3.28. The van der Waals surface area contributed by atoms with Crippen LogP contribution in [0, 0.1) is 0 Å². The zero-order chi connectivity index (χ0) is 20.8. The number of ether oxygens (including phenoxy) is 1. The predicted molar refractivity (Wildman–Crippen MR) is 113 cm³/mol. The van der Waals surface area contributed by atoms with Gasteiger partial charge in [0.15, 0.2) is 9.84 Å². The summed E-state index contributed by atoms with van der Waals surface area (Å²) in [4.78, 5) is 16.3. The fraction of sp³-hybridized carbons (Fsp3) is 0.348. The Bertz CT molecular complexity index is 1170. The predicted octanol–water partition coefficient (Wildman–Crippen LogP) is 4.41. The molecule has 0 saturated heterocycles. The van der Waals surface area contributed by atoms with Crippen molar-refractivity contribution < 1.29 is 17.9 Å². The van der Waals surface area contributed by atoms with E-state index in [0.29, 0.717) is 22.8 Å². The normalized spacial score (nSPS) is 16.8. The quantitative estimate of drug-likeness (QED) is 0.645. The topological polar surface area (TPSA) is 76.2 Å². The van der Waals surface area contributed by atoms with Crippen molar-refractivity contribution in [2.75, 3.05) is 6.26 Å². The maximum Gasteiger partial charge on any atom is 0.338 e. The maximum absolute atomic E-state index is 12.6. The lowest BCUT2D eigenvalue weighted by Gasteiger charge is -2.23. The number of hydrogen-bond donors (Lipinski definition) is 1. The molecule has 1 aromatic heterocycles. The first-order chi connectivity index (χ1) is 13.7. The number of carbonyl (C=O) groups excluding carboxylic acids is 1. The Balaban J connectivity index is 1.55. The number of esters is 1. The van der Waals surface area contributed by atoms with E-state index in [1.807, 2.05) is 24.3 Å². The molecular weight excluding hydrogens is 386 g/mol. The van der Waals surface area contributed by atoms with Gasteiger partial charge in [0.05, 0.1) is 10.5 Å². The number of sulfone groups is 1. The van der Waals surface area contributed by atoms with Gasteiger partial charge in [0.2, 0.25) is 0 Å². The van der Waals surface area contributed by atoms with E-state index in [1.54, 1.807) is 18.2 Å². The number of H-pyrrole nitrogens is 1. The summed E-state index contributed by atoms with van der Waals surface area (Å²) in [6, 6.07) is 12.7. The summed E-state index contributed by atoms with van der Waals surface area (Å²) in [5, 5.41) is 0.893. The van der Waals surface area contributed by atoms with E-state index in [9.17, 15) is 13.2 Å². The lowest BCUT2D eigenvalue weighted by molar-refractivity contribution is 0.0271. The van der Waals surface area contributed by atoms with Gasteiger partial charge in [0, 0.05) is 29.3 Å². The van der Waals surface area contributed by atoms with Gasteiger partial charge in [0.1, 0.15) is 6.10 Å². The average Bonchev–Trinajstić information content (AvgIpc) is 3.04. The SMILES string of the molecule is CC(C)c1ccc(C(=O)OC2CCc3[nH]c4ccc(S(C)(=O)=O)cc4c3C2)cc1. The van der Waals surface area contributed by atoms with Crippen LogP contribution in [0.15, 0.2) is 47.4 Å². The molecule has 29 heavy (non-hydrogen) atoms. The van der Waals surface area contributed by atoms with Gasteiger partial charge in [-0.1, -0.05) is 26.0 Å². The van der Waals surface area contributed by atoms with Crippen molar-refractivity contribution in [3.05, 3.63) is 64.8 Å². The lowest BCUT2D eigenvalue weighted by Crippen LogP contribution is -2.25. The molecule has 0 spiro atoms. The van der Waals surface area contributed by atoms with Crippen molar-refractivity contribution in [3.8, 4) is 0 Å². The fourth-order valence-electron chi connectivity index (χ4n) is 3.92. The van der Waals surface area contributed by atoms with Crippen LogP contribution in [0.25, 0.3) is 10.9 Å². The number of aromatic amines is 1. The highest BCUT2D eigenvalue weighted by Gasteiger charge is 2.26. The second-order valence-corrected chi connectivity index (χ2v) is 10.1. The first-order valence-corrected chi connectivity index (χ1v) is 11.8. The molecule has 5 nitrogen and oxygen atoms in total. The van der Waals surface area contributed by atoms with Gasteiger partial charge in [-0.25, -0.2) is 13.2 Å². The minimum atomic E-state index is -3.28. The largest absolute Gasteiger partial charge is 0.458 e. The summed E-state index contributed by atoms with van der Waals surface area (Å²) in [5.74, 6) is 0.0981. The van der Waals surface area contributed by atoms with Crippen molar-refractivity contribution in [2.45, 2.75) is 50.0 Å². The lowest BCUT2D eigenvalue weighted by atomic mass is 9.93. The molecule has 0 radical (unpaired) electrons. The molecule has 1 aliphatic carbocycles. The highest BCUT2D eigenvalue weighted by atomic mass is 32.2. The third-order valence-electron chi connectivity index (χ3n) is 5.63. The molecule has 1 unspecified atom stereocenters. The standard InChI is InChI=1S/C23H25NO4S/c1-14(2)15-4-6-16(7-5-15)23(25)28-17-8-10-21-19(12-17)20-13-18(29(3,26)27)9-11-22(20)24-21/h4-7,9,11,13-14,17,24H,8,10,12H2,1-3H3. The monoisotopic (exact) mass is 411 g/mol. The van der Waals surface area contributed by atoms with E-state index < -0.39 is 9.84 Å². The molecule has 0 amide bonds. The number of nitrogens with one attached hydrogen (secondary N) is 1. The minimum Gasteiger partial charge on any atom is -0.458 e. The van der Waals surface area contributed by atoms with Gasteiger partial charge in [0.25, 0.3) is 0 Å². The number of rotatable bonds is 4. The van der Waals surface area contributed by atoms with Crippen molar-refractivity contribution >= 4 is 26.7 Å². The minimum absolute atomic E-state index is 0.222. The Kier molecular flexibility index (Phi) is 4.99. The van der Waals surface area contributed by atoms with Crippen LogP contribution in [0.4, 0.5) is 0 Å². The van der Waals surface area contributed by atoms with Gasteiger partial charge < -0.3 is 9.72 Å². The highest BCUT2D eigenvalue weighted by molar-refractivity contribution is 7.90. The maximum atomic E-state index is 12.6. The molecule has 1 heterocycles. The van der Waals surface area contributed by atoms with Gasteiger partial charge >= 0.3 is 5.97 Å². The molecule has 0 fully saturated rings. The third-order valence-corrected chi connectivity index (χ3v) is 6.74. The van der Waals surface area contributed by atoms with Crippen LogP contribution in [0.5, 0.6) is 0 Å². The molecule has 1 aliphatic rings. The second-order valence-electron chi connectivity index (χ2n) is 8.11. The highest BCUT2D eigenvalue weighted by Crippen LogP contribution is 2.32. The molecule has 4 rings (SSSR count). The van der Waals surface area contributed by atoms with Crippen LogP contribution in [0.2, 0.25) is 0 Å². The molecule has 3 aromatic rings. The van der Waals surface area contributed by atoms with Crippen LogP contribution < -0.4 is 0 Å². The number of benzene rings is 2. The van der Waals surface area contributed by atoms with Crippen LogP contribution in [0.1, 0.15) is 53.4 Å². The Hall–Kier alpha value is -2.60. The zero-order valence-corrected chi connectivity index (χ0v) is 17.7. The summed E-state index contributed by atoms with van der Waals surface area (Å²) in [6.45, 7) is 4.23. The Morgan fingerprint density at radius 3 is 2.52 bits per heavy atom. The molecular formula is C23H25NO4S. The van der Waals surface area contributed by atoms with Gasteiger partial charge in [-0.05, 0) is 60.2 Å². The van der Waals surface area contributed by atoms with Gasteiger partial charge in [-0.2, -0.15) is 0 Å². The molecule has 152 valence electrons. The zero-order valence-electron chi connectivity index (χ0n) is 16.9. The Morgan fingerprint density at radius 2 is 1.86 bits per heavy atom. The third kappa shape index (κ3) is 3.94. The molecule has 2 aromatic carbocycles. The van der Waals surface area contributed by atoms with E-state index in [-0.39, 0.29) is 12.1 Å². The molecule has 0 saturated carbocycles. The summed E-state index contributed by atoms with van der Waals surface area (Å²) >= 11 is 0. The van der Waals surface area contributed by atoms with E-state index in [1.165, 1.54) is 11.8 Å². The smallest absolute Gasteiger partial charge is 0.338 e. The van der Waals surface area contributed by atoms with Crippen molar-refractivity contribution in [1.82, 2.24) is 4.98 Å². The molecule has 6 heteroatoms. The van der Waals surface area contributed by atoms with E-state index >= 15 is 0 Å². The average molecular weight is 412 g/mol.